The number of carbonyl (C=O) groups is 1. The van der Waals surface area contributed by atoms with Crippen molar-refractivity contribution in [3.05, 3.63) is 29.8 Å². The molecule has 0 fully saturated rings. The summed E-state index contributed by atoms with van der Waals surface area (Å²) in [6, 6.07) is 7.00. The number of nitrogens with two attached hydrogens (primary N) is 1. The summed E-state index contributed by atoms with van der Waals surface area (Å²) in [4.78, 5) is 11.3. The number of hydrazine groups is 1. The summed E-state index contributed by atoms with van der Waals surface area (Å²) in [5, 5.41) is 0.656. The van der Waals surface area contributed by atoms with Crippen LogP contribution >= 0.6 is 11.8 Å². The first-order valence-corrected chi connectivity index (χ1v) is 7.07. The van der Waals surface area contributed by atoms with Gasteiger partial charge in [0.25, 0.3) is 5.91 Å². The fourth-order valence-corrected chi connectivity index (χ4v) is 2.15. The first kappa shape index (κ1) is 14.9. The maximum Gasteiger partial charge on any atom is 0.265 e. The molecule has 0 aromatic heterocycles. The van der Waals surface area contributed by atoms with Gasteiger partial charge >= 0.3 is 0 Å². The van der Waals surface area contributed by atoms with Crippen LogP contribution in [0.15, 0.2) is 24.3 Å². The number of ether oxygens (including phenoxy) is 1. The lowest BCUT2D eigenvalue weighted by atomic mass is 10.2. The molecule has 0 saturated heterocycles. The molecule has 0 saturated carbocycles. The second-order valence-corrected chi connectivity index (χ2v) is 5.49. The molecular formula is C13H20N2O2S. The van der Waals surface area contributed by atoms with Gasteiger partial charge in [-0.25, -0.2) is 5.84 Å². The van der Waals surface area contributed by atoms with Crippen LogP contribution in [0, 0.1) is 0 Å². The van der Waals surface area contributed by atoms with Gasteiger partial charge in [0.1, 0.15) is 5.75 Å². The average Bonchev–Trinajstić information content (AvgIpc) is 2.42. The number of rotatable bonds is 7. The lowest BCUT2D eigenvalue weighted by molar-refractivity contribution is 0.0953. The smallest absolute Gasteiger partial charge is 0.265 e. The number of hydrogen-bond donors (Lipinski definition) is 2. The Balaban J connectivity index is 2.40. The van der Waals surface area contributed by atoms with Crippen molar-refractivity contribution in [1.29, 1.82) is 0 Å². The largest absolute Gasteiger partial charge is 0.493 e. The van der Waals surface area contributed by atoms with Crippen LogP contribution in [0.5, 0.6) is 5.75 Å². The molecule has 1 aromatic rings. The van der Waals surface area contributed by atoms with Crippen LogP contribution < -0.4 is 16.0 Å². The van der Waals surface area contributed by atoms with Gasteiger partial charge in [0.2, 0.25) is 0 Å². The van der Waals surface area contributed by atoms with E-state index in [9.17, 15) is 4.79 Å². The minimum Gasteiger partial charge on any atom is -0.493 e. The van der Waals surface area contributed by atoms with Crippen LogP contribution in [0.25, 0.3) is 0 Å². The molecule has 1 atom stereocenters. The van der Waals surface area contributed by atoms with Crippen molar-refractivity contribution in [2.24, 2.45) is 5.84 Å². The zero-order valence-electron chi connectivity index (χ0n) is 10.8. The van der Waals surface area contributed by atoms with Gasteiger partial charge in [0.05, 0.1) is 6.61 Å². The van der Waals surface area contributed by atoms with Crippen molar-refractivity contribution in [2.45, 2.75) is 25.5 Å². The molecule has 0 heterocycles. The Kier molecular flexibility index (Phi) is 6.60. The second-order valence-electron chi connectivity index (χ2n) is 3.94. The lowest BCUT2D eigenvalue weighted by Crippen LogP contribution is -2.29. The Labute approximate surface area is 112 Å². The molecule has 0 radical (unpaired) electrons. The van der Waals surface area contributed by atoms with Gasteiger partial charge < -0.3 is 4.74 Å². The molecule has 18 heavy (non-hydrogen) atoms. The SMILES string of the molecule is CCC(C)SCCOc1cccc(C(=O)NN)c1. The lowest BCUT2D eigenvalue weighted by Gasteiger charge is -2.10. The predicted molar refractivity (Wildman–Crippen MR) is 75.8 cm³/mol. The van der Waals surface area contributed by atoms with Gasteiger partial charge in [-0.2, -0.15) is 11.8 Å². The summed E-state index contributed by atoms with van der Waals surface area (Å²) < 4.78 is 5.59. The number of amides is 1. The Bertz CT molecular complexity index is 385. The number of hydrogen-bond acceptors (Lipinski definition) is 4. The van der Waals surface area contributed by atoms with Crippen molar-refractivity contribution in [1.82, 2.24) is 5.43 Å². The van der Waals surface area contributed by atoms with Crippen molar-refractivity contribution in [3.63, 3.8) is 0 Å². The summed E-state index contributed by atoms with van der Waals surface area (Å²) >= 11 is 1.89. The second kappa shape index (κ2) is 8.00. The third kappa shape index (κ3) is 4.98. The summed E-state index contributed by atoms with van der Waals surface area (Å²) in [5.41, 5.74) is 2.60. The van der Waals surface area contributed by atoms with E-state index in [1.165, 1.54) is 0 Å². The number of nitrogen functional groups attached to an aromatic ring is 1. The van der Waals surface area contributed by atoms with Crippen LogP contribution in [0.1, 0.15) is 30.6 Å². The Morgan fingerprint density at radius 2 is 2.33 bits per heavy atom. The first-order chi connectivity index (χ1) is 8.67. The van der Waals surface area contributed by atoms with E-state index >= 15 is 0 Å². The molecule has 1 rings (SSSR count). The van der Waals surface area contributed by atoms with Crippen molar-refractivity contribution >= 4 is 17.7 Å². The van der Waals surface area contributed by atoms with Gasteiger partial charge in [0, 0.05) is 16.6 Å². The summed E-state index contributed by atoms with van der Waals surface area (Å²) in [7, 11) is 0. The minimum absolute atomic E-state index is 0.311. The van der Waals surface area contributed by atoms with E-state index in [1.807, 2.05) is 17.8 Å². The minimum atomic E-state index is -0.311. The predicted octanol–water partition coefficient (Wildman–Crippen LogP) is 2.20. The van der Waals surface area contributed by atoms with E-state index in [0.717, 1.165) is 12.2 Å². The van der Waals surface area contributed by atoms with E-state index in [2.05, 4.69) is 19.3 Å². The molecule has 1 unspecified atom stereocenters. The molecule has 3 N–H and O–H groups in total. The van der Waals surface area contributed by atoms with Crippen LogP contribution in [-0.4, -0.2) is 23.5 Å². The third-order valence-corrected chi connectivity index (χ3v) is 3.86. The van der Waals surface area contributed by atoms with Gasteiger partial charge in [-0.3, -0.25) is 10.2 Å². The van der Waals surface area contributed by atoms with E-state index in [1.54, 1.807) is 18.2 Å². The van der Waals surface area contributed by atoms with E-state index in [-0.39, 0.29) is 5.91 Å². The molecular weight excluding hydrogens is 248 g/mol. The Morgan fingerprint density at radius 1 is 1.56 bits per heavy atom. The molecule has 0 bridgehead atoms. The molecule has 0 aliphatic carbocycles. The molecule has 0 aliphatic rings. The highest BCUT2D eigenvalue weighted by molar-refractivity contribution is 7.99. The monoisotopic (exact) mass is 268 g/mol. The number of thioether (sulfide) groups is 1. The van der Waals surface area contributed by atoms with Gasteiger partial charge in [-0.1, -0.05) is 19.9 Å². The quantitative estimate of drug-likeness (QED) is 0.344. The molecule has 0 aliphatic heterocycles. The third-order valence-electron chi connectivity index (χ3n) is 2.56. The number of nitrogens with one attached hydrogen (secondary N) is 1. The fraction of sp³-hybridized carbons (Fsp3) is 0.462. The summed E-state index contributed by atoms with van der Waals surface area (Å²) in [6.45, 7) is 5.02. The van der Waals surface area contributed by atoms with Crippen LogP contribution in [-0.2, 0) is 0 Å². The highest BCUT2D eigenvalue weighted by Gasteiger charge is 2.04. The van der Waals surface area contributed by atoms with Crippen molar-refractivity contribution in [2.75, 3.05) is 12.4 Å². The topological polar surface area (TPSA) is 64.3 Å². The van der Waals surface area contributed by atoms with Crippen LogP contribution in [0.2, 0.25) is 0 Å². The van der Waals surface area contributed by atoms with Crippen LogP contribution in [0.4, 0.5) is 0 Å². The van der Waals surface area contributed by atoms with E-state index in [4.69, 9.17) is 10.6 Å². The van der Waals surface area contributed by atoms with E-state index in [0.29, 0.717) is 23.2 Å². The summed E-state index contributed by atoms with van der Waals surface area (Å²) in [6.07, 6.45) is 1.16. The van der Waals surface area contributed by atoms with Crippen molar-refractivity contribution in [3.8, 4) is 5.75 Å². The average molecular weight is 268 g/mol. The molecule has 0 spiro atoms. The van der Waals surface area contributed by atoms with Gasteiger partial charge in [-0.05, 0) is 24.6 Å². The first-order valence-electron chi connectivity index (χ1n) is 6.02. The van der Waals surface area contributed by atoms with Gasteiger partial charge in [0.15, 0.2) is 0 Å². The molecule has 5 heteroatoms. The Hall–Kier alpha value is -1.20. The standard InChI is InChI=1S/C13H20N2O2S/c1-3-10(2)18-8-7-17-12-6-4-5-11(9-12)13(16)15-14/h4-6,9-10H,3,7-8,14H2,1-2H3,(H,15,16). The molecule has 4 nitrogen and oxygen atoms in total. The maximum absolute atomic E-state index is 11.3. The fourth-order valence-electron chi connectivity index (χ4n) is 1.34. The highest BCUT2D eigenvalue weighted by Crippen LogP contribution is 2.16. The Morgan fingerprint density at radius 3 is 3.00 bits per heavy atom. The number of benzene rings is 1. The molecule has 1 aromatic carbocycles. The van der Waals surface area contributed by atoms with E-state index < -0.39 is 0 Å². The number of carbonyl (C=O) groups excluding carboxylic acids is 1. The molecule has 1 amide bonds. The molecule has 100 valence electrons. The van der Waals surface area contributed by atoms with Gasteiger partial charge in [-0.15, -0.1) is 0 Å². The maximum atomic E-state index is 11.3. The highest BCUT2D eigenvalue weighted by atomic mass is 32.2. The zero-order chi connectivity index (χ0) is 13.4. The normalized spacial score (nSPS) is 11.9. The van der Waals surface area contributed by atoms with Crippen LogP contribution in [0.3, 0.4) is 0 Å². The summed E-state index contributed by atoms with van der Waals surface area (Å²) in [5.74, 6) is 6.41. The van der Waals surface area contributed by atoms with Crippen molar-refractivity contribution < 1.29 is 9.53 Å². The zero-order valence-corrected chi connectivity index (χ0v) is 11.6.